The minimum atomic E-state index is -4.83. The summed E-state index contributed by atoms with van der Waals surface area (Å²) in [6.07, 6.45) is -9.37. The number of benzene rings is 2. The molecule has 0 bridgehead atoms. The van der Waals surface area contributed by atoms with Crippen LogP contribution in [0.15, 0.2) is 59.6 Å². The first kappa shape index (κ1) is 16.1. The zero-order valence-corrected chi connectivity index (χ0v) is 10.9. The van der Waals surface area contributed by atoms with Gasteiger partial charge in [0.15, 0.2) is 0 Å². The molecule has 0 radical (unpaired) electrons. The lowest BCUT2D eigenvalue weighted by atomic mass is 10.0. The van der Waals surface area contributed by atoms with E-state index in [0.717, 1.165) is 24.3 Å². The minimum absolute atomic E-state index is 0.0449. The van der Waals surface area contributed by atoms with E-state index < -0.39 is 23.8 Å². The molecule has 116 valence electrons. The second-order valence-electron chi connectivity index (χ2n) is 4.37. The molecule has 0 atom stereocenters. The van der Waals surface area contributed by atoms with Crippen molar-refractivity contribution in [2.75, 3.05) is 0 Å². The predicted octanol–water partition coefficient (Wildman–Crippen LogP) is 5.06. The van der Waals surface area contributed by atoms with Crippen molar-refractivity contribution in [3.05, 3.63) is 71.3 Å². The number of hydrogen-bond donors (Lipinski definition) is 0. The highest BCUT2D eigenvalue weighted by Crippen LogP contribution is 2.30. The molecule has 1 nitrogen and oxygen atoms in total. The second kappa shape index (κ2) is 5.82. The highest BCUT2D eigenvalue weighted by Gasteiger charge is 2.31. The third kappa shape index (κ3) is 4.09. The molecule has 0 aliphatic heterocycles. The van der Waals surface area contributed by atoms with Crippen LogP contribution in [0.2, 0.25) is 0 Å². The monoisotopic (exact) mass is 317 g/mol. The Hall–Kier alpha value is -2.31. The van der Waals surface area contributed by atoms with E-state index in [1.807, 2.05) is 0 Å². The van der Waals surface area contributed by atoms with E-state index in [1.165, 1.54) is 24.3 Å². The van der Waals surface area contributed by atoms with Gasteiger partial charge in [-0.1, -0.05) is 42.5 Å². The molecule has 0 heterocycles. The molecule has 0 aliphatic rings. The van der Waals surface area contributed by atoms with Crippen molar-refractivity contribution in [3.8, 4) is 0 Å². The molecular weight excluding hydrogens is 308 g/mol. The Morgan fingerprint density at radius 1 is 0.682 bits per heavy atom. The second-order valence-corrected chi connectivity index (χ2v) is 4.37. The van der Waals surface area contributed by atoms with Crippen molar-refractivity contribution in [3.63, 3.8) is 0 Å². The quantitative estimate of drug-likeness (QED) is 0.417. The topological polar surface area (TPSA) is 12.4 Å². The molecular formula is C15H9F6N. The van der Waals surface area contributed by atoms with Crippen LogP contribution in [-0.2, 0) is 6.18 Å². The van der Waals surface area contributed by atoms with Gasteiger partial charge in [-0.15, -0.1) is 13.2 Å². The van der Waals surface area contributed by atoms with E-state index in [2.05, 4.69) is 4.99 Å². The van der Waals surface area contributed by atoms with Crippen LogP contribution in [0.4, 0.5) is 26.3 Å². The summed E-state index contributed by atoms with van der Waals surface area (Å²) >= 11 is 0. The summed E-state index contributed by atoms with van der Waals surface area (Å²) in [5, 5.41) is 0. The summed E-state index contributed by atoms with van der Waals surface area (Å²) in [4.78, 5) is 2.68. The van der Waals surface area contributed by atoms with Gasteiger partial charge < -0.3 is 0 Å². The van der Waals surface area contributed by atoms with Crippen LogP contribution >= 0.6 is 0 Å². The highest BCUT2D eigenvalue weighted by molar-refractivity contribution is 6.13. The van der Waals surface area contributed by atoms with Crippen LogP contribution in [0, 0.1) is 0 Å². The van der Waals surface area contributed by atoms with Gasteiger partial charge >= 0.3 is 12.5 Å². The fraction of sp³-hybridized carbons (Fsp3) is 0.133. The number of alkyl halides is 6. The first-order valence-electron chi connectivity index (χ1n) is 6.06. The van der Waals surface area contributed by atoms with E-state index >= 15 is 0 Å². The molecule has 22 heavy (non-hydrogen) atoms. The van der Waals surface area contributed by atoms with Crippen molar-refractivity contribution in [2.24, 2.45) is 4.99 Å². The molecule has 0 saturated heterocycles. The average Bonchev–Trinajstić information content (AvgIpc) is 2.44. The third-order valence-corrected chi connectivity index (χ3v) is 2.77. The molecule has 0 N–H and O–H groups in total. The zero-order valence-electron chi connectivity index (χ0n) is 10.9. The minimum Gasteiger partial charge on any atom is -0.183 e. The lowest BCUT2D eigenvalue weighted by molar-refractivity contribution is -0.137. The Labute approximate surface area is 121 Å². The third-order valence-electron chi connectivity index (χ3n) is 2.77. The molecule has 2 rings (SSSR count). The van der Waals surface area contributed by atoms with Gasteiger partial charge in [-0.25, -0.2) is 0 Å². The van der Waals surface area contributed by atoms with Crippen molar-refractivity contribution in [2.45, 2.75) is 12.5 Å². The lowest BCUT2D eigenvalue weighted by Gasteiger charge is -2.11. The van der Waals surface area contributed by atoms with Gasteiger partial charge in [-0.3, -0.25) is 0 Å². The summed E-state index contributed by atoms with van der Waals surface area (Å²) in [5.74, 6) is 0. The SMILES string of the molecule is FC(F)(F)/N=C(/c1ccccc1)c1ccc(C(F)(F)F)cc1. The molecule has 0 fully saturated rings. The predicted molar refractivity (Wildman–Crippen MR) is 69.6 cm³/mol. The Bertz CT molecular complexity index is 653. The van der Waals surface area contributed by atoms with Crippen molar-refractivity contribution in [1.82, 2.24) is 0 Å². The maximum atomic E-state index is 12.6. The number of hydrogen-bond acceptors (Lipinski definition) is 1. The molecule has 7 heteroatoms. The number of nitrogens with zero attached hydrogens (tertiary/aromatic N) is 1. The largest absolute Gasteiger partial charge is 0.503 e. The summed E-state index contributed by atoms with van der Waals surface area (Å²) in [5.41, 5.74) is -1.24. The first-order valence-corrected chi connectivity index (χ1v) is 6.06. The Kier molecular flexibility index (Phi) is 4.25. The van der Waals surface area contributed by atoms with Crippen LogP contribution in [0.1, 0.15) is 16.7 Å². The van der Waals surface area contributed by atoms with Crippen LogP contribution in [-0.4, -0.2) is 12.0 Å². The molecule has 0 aromatic heterocycles. The summed E-state index contributed by atoms with van der Waals surface area (Å²) < 4.78 is 75.2. The van der Waals surface area contributed by atoms with E-state index in [-0.39, 0.29) is 11.1 Å². The Morgan fingerprint density at radius 2 is 1.18 bits per heavy atom. The van der Waals surface area contributed by atoms with Gasteiger partial charge in [0.2, 0.25) is 0 Å². The van der Waals surface area contributed by atoms with Gasteiger partial charge in [-0.05, 0) is 12.1 Å². The lowest BCUT2D eigenvalue weighted by Crippen LogP contribution is -2.12. The smallest absolute Gasteiger partial charge is 0.183 e. The fourth-order valence-corrected chi connectivity index (χ4v) is 1.84. The van der Waals surface area contributed by atoms with Crippen molar-refractivity contribution >= 4 is 5.71 Å². The van der Waals surface area contributed by atoms with Crippen LogP contribution in [0.3, 0.4) is 0 Å². The van der Waals surface area contributed by atoms with Crippen LogP contribution in [0.25, 0.3) is 0 Å². The van der Waals surface area contributed by atoms with Gasteiger partial charge in [0.25, 0.3) is 0 Å². The van der Waals surface area contributed by atoms with Crippen LogP contribution in [0.5, 0.6) is 0 Å². The summed E-state index contributed by atoms with van der Waals surface area (Å²) in [7, 11) is 0. The van der Waals surface area contributed by atoms with Gasteiger partial charge in [0.1, 0.15) is 0 Å². The summed E-state index contributed by atoms with van der Waals surface area (Å²) in [6.45, 7) is 0. The maximum Gasteiger partial charge on any atom is 0.503 e. The molecule has 2 aromatic carbocycles. The Balaban J connectivity index is 2.49. The van der Waals surface area contributed by atoms with Gasteiger partial charge in [-0.2, -0.15) is 18.2 Å². The molecule has 2 aromatic rings. The standard InChI is InChI=1S/C15H9F6N/c16-14(17,18)12-8-6-11(7-9-12)13(22-15(19,20)21)10-4-2-1-3-5-10/h1-9H/b22-13-. The molecule has 0 aliphatic carbocycles. The average molecular weight is 317 g/mol. The molecule has 0 unspecified atom stereocenters. The number of aliphatic imine (C=N–C) groups is 1. The number of rotatable bonds is 2. The zero-order chi connectivity index (χ0) is 16.4. The maximum absolute atomic E-state index is 12.6. The van der Waals surface area contributed by atoms with E-state index in [1.54, 1.807) is 6.07 Å². The Morgan fingerprint density at radius 3 is 1.64 bits per heavy atom. The summed E-state index contributed by atoms with van der Waals surface area (Å²) in [6, 6.07) is 10.9. The van der Waals surface area contributed by atoms with E-state index in [4.69, 9.17) is 0 Å². The van der Waals surface area contributed by atoms with Crippen molar-refractivity contribution in [1.29, 1.82) is 0 Å². The van der Waals surface area contributed by atoms with E-state index in [0.29, 0.717) is 0 Å². The first-order chi connectivity index (χ1) is 10.2. The highest BCUT2D eigenvalue weighted by atomic mass is 19.4. The normalized spacial score (nSPS) is 13.3. The van der Waals surface area contributed by atoms with Gasteiger partial charge in [0.05, 0.1) is 11.3 Å². The molecule has 0 spiro atoms. The number of halogens is 6. The van der Waals surface area contributed by atoms with E-state index in [9.17, 15) is 26.3 Å². The molecule has 0 amide bonds. The van der Waals surface area contributed by atoms with Crippen LogP contribution < -0.4 is 0 Å². The van der Waals surface area contributed by atoms with Gasteiger partial charge in [0, 0.05) is 11.1 Å². The fourth-order valence-electron chi connectivity index (χ4n) is 1.84. The van der Waals surface area contributed by atoms with Crippen molar-refractivity contribution < 1.29 is 26.3 Å². The molecule has 0 saturated carbocycles.